The monoisotopic (exact) mass is 409 g/mol. The number of hydrogen-bond acceptors (Lipinski definition) is 4. The highest BCUT2D eigenvalue weighted by atomic mass is 32.2. The van der Waals surface area contributed by atoms with Gasteiger partial charge in [-0.1, -0.05) is 49.4 Å². The summed E-state index contributed by atoms with van der Waals surface area (Å²) in [6.07, 6.45) is 5.11. The highest BCUT2D eigenvalue weighted by Crippen LogP contribution is 2.23. The fourth-order valence-corrected chi connectivity index (χ4v) is 3.65. The summed E-state index contributed by atoms with van der Waals surface area (Å²) in [5, 5.41) is 3.05. The van der Waals surface area contributed by atoms with Crippen LogP contribution in [0.2, 0.25) is 0 Å². The molecule has 0 aliphatic carbocycles. The van der Waals surface area contributed by atoms with Crippen molar-refractivity contribution >= 4 is 27.4 Å². The third-order valence-corrected chi connectivity index (χ3v) is 5.71. The number of nitrogens with one attached hydrogen (secondary N) is 1. The summed E-state index contributed by atoms with van der Waals surface area (Å²) >= 11 is 0. The zero-order valence-corrected chi connectivity index (χ0v) is 17.1. The van der Waals surface area contributed by atoms with Crippen LogP contribution in [0.4, 0.5) is 0 Å². The Morgan fingerprint density at radius 2 is 1.72 bits per heavy atom. The number of carbonyl (C=O) groups is 1. The van der Waals surface area contributed by atoms with Gasteiger partial charge in [-0.3, -0.25) is 4.79 Å². The van der Waals surface area contributed by atoms with Gasteiger partial charge in [0.15, 0.2) is 9.84 Å². The van der Waals surface area contributed by atoms with Gasteiger partial charge in [0, 0.05) is 6.26 Å². The Hall–Kier alpha value is -3.12. The first-order valence-electron chi connectivity index (χ1n) is 9.30. The second kappa shape index (κ2) is 8.92. The van der Waals surface area contributed by atoms with E-state index in [1.165, 1.54) is 6.26 Å². The van der Waals surface area contributed by atoms with Crippen molar-refractivity contribution in [3.63, 3.8) is 0 Å². The fraction of sp³-hybridized carbons (Fsp3) is 0.174. The molecule has 0 aliphatic rings. The van der Waals surface area contributed by atoms with Crippen LogP contribution in [0.5, 0.6) is 0 Å². The molecule has 0 bridgehead atoms. The Bertz CT molecular complexity index is 1080. The maximum Gasteiger partial charge on any atom is 0.252 e. The zero-order valence-electron chi connectivity index (χ0n) is 16.3. The Morgan fingerprint density at radius 1 is 1.03 bits per heavy atom. The highest BCUT2D eigenvalue weighted by molar-refractivity contribution is 7.90. The molecule has 2 aromatic carbocycles. The molecule has 29 heavy (non-hydrogen) atoms. The molecule has 0 saturated heterocycles. The van der Waals surface area contributed by atoms with Crippen LogP contribution in [0.3, 0.4) is 0 Å². The Morgan fingerprint density at radius 3 is 2.28 bits per heavy atom. The van der Waals surface area contributed by atoms with Gasteiger partial charge in [-0.2, -0.15) is 0 Å². The third-order valence-electron chi connectivity index (χ3n) is 4.58. The molecule has 0 spiro atoms. The molecular formula is C23H23NO4S. The standard InChI is InChI=1S/C23H23NO4S/c1-3-22(18-11-13-20(14-12-18)29(2,26)27)24-23(25)21(16-19-10-7-15-28-19)17-8-5-4-6-9-17/h4-16,22H,3H2,1-2H3,(H,24,25)/b21-16+/t22-/m0/s1. The molecule has 1 aromatic heterocycles. The van der Waals surface area contributed by atoms with Crippen LogP contribution in [-0.2, 0) is 14.6 Å². The van der Waals surface area contributed by atoms with Crippen LogP contribution >= 0.6 is 0 Å². The Kier molecular flexibility index (Phi) is 6.34. The number of benzene rings is 2. The Labute approximate surface area is 171 Å². The van der Waals surface area contributed by atoms with Crippen molar-refractivity contribution < 1.29 is 17.6 Å². The van der Waals surface area contributed by atoms with E-state index >= 15 is 0 Å². The van der Waals surface area contributed by atoms with Crippen LogP contribution < -0.4 is 5.32 Å². The van der Waals surface area contributed by atoms with Gasteiger partial charge < -0.3 is 9.73 Å². The number of furan rings is 1. The molecule has 5 nitrogen and oxygen atoms in total. The lowest BCUT2D eigenvalue weighted by Crippen LogP contribution is -2.29. The van der Waals surface area contributed by atoms with Crippen LogP contribution in [0.25, 0.3) is 11.6 Å². The van der Waals surface area contributed by atoms with Crippen molar-refractivity contribution in [2.75, 3.05) is 6.26 Å². The van der Waals surface area contributed by atoms with Gasteiger partial charge in [0.05, 0.1) is 22.8 Å². The van der Waals surface area contributed by atoms with Gasteiger partial charge in [-0.15, -0.1) is 0 Å². The second-order valence-electron chi connectivity index (χ2n) is 6.71. The summed E-state index contributed by atoms with van der Waals surface area (Å²) in [6.45, 7) is 1.97. The van der Waals surface area contributed by atoms with Crippen molar-refractivity contribution in [1.82, 2.24) is 5.32 Å². The second-order valence-corrected chi connectivity index (χ2v) is 8.73. The third kappa shape index (κ3) is 5.23. The summed E-state index contributed by atoms with van der Waals surface area (Å²) in [5.41, 5.74) is 2.12. The first-order chi connectivity index (χ1) is 13.9. The van der Waals surface area contributed by atoms with E-state index in [4.69, 9.17) is 4.42 Å². The molecular weight excluding hydrogens is 386 g/mol. The van der Waals surface area contributed by atoms with Crippen LogP contribution in [0.15, 0.2) is 82.3 Å². The molecule has 3 aromatic rings. The first-order valence-corrected chi connectivity index (χ1v) is 11.2. The maximum atomic E-state index is 13.1. The van der Waals surface area contributed by atoms with E-state index in [0.29, 0.717) is 17.8 Å². The van der Waals surface area contributed by atoms with Gasteiger partial charge in [0.25, 0.3) is 5.91 Å². The van der Waals surface area contributed by atoms with Gasteiger partial charge in [0.2, 0.25) is 0 Å². The minimum Gasteiger partial charge on any atom is -0.465 e. The predicted octanol–water partition coefficient (Wildman–Crippen LogP) is 4.49. The largest absolute Gasteiger partial charge is 0.465 e. The first kappa shape index (κ1) is 20.6. The highest BCUT2D eigenvalue weighted by Gasteiger charge is 2.18. The molecule has 0 unspecified atom stereocenters. The average Bonchev–Trinajstić information content (AvgIpc) is 3.23. The minimum absolute atomic E-state index is 0.230. The number of carbonyl (C=O) groups excluding carboxylic acids is 1. The van der Waals surface area contributed by atoms with Crippen molar-refractivity contribution in [3.8, 4) is 0 Å². The molecule has 1 atom stereocenters. The quantitative estimate of drug-likeness (QED) is 0.583. The van der Waals surface area contributed by atoms with E-state index in [9.17, 15) is 13.2 Å². The summed E-state index contributed by atoms with van der Waals surface area (Å²) in [4.78, 5) is 13.4. The molecule has 1 amide bonds. The predicted molar refractivity (Wildman–Crippen MR) is 114 cm³/mol. The number of rotatable bonds is 7. The summed E-state index contributed by atoms with van der Waals surface area (Å²) in [5.74, 6) is 0.358. The van der Waals surface area contributed by atoms with Gasteiger partial charge >= 0.3 is 0 Å². The molecule has 0 saturated carbocycles. The van der Waals surface area contributed by atoms with E-state index in [1.807, 2.05) is 37.3 Å². The van der Waals surface area contributed by atoms with E-state index in [2.05, 4.69) is 5.32 Å². The fourth-order valence-electron chi connectivity index (χ4n) is 3.02. The molecule has 1 heterocycles. The number of amides is 1. The maximum absolute atomic E-state index is 13.1. The number of sulfone groups is 1. The molecule has 1 N–H and O–H groups in total. The normalized spacial score (nSPS) is 13.1. The number of hydrogen-bond donors (Lipinski definition) is 1. The van der Waals surface area contributed by atoms with Crippen molar-refractivity contribution in [1.29, 1.82) is 0 Å². The van der Waals surface area contributed by atoms with E-state index in [-0.39, 0.29) is 16.8 Å². The molecule has 0 radical (unpaired) electrons. The zero-order chi connectivity index (χ0) is 20.9. The van der Waals surface area contributed by atoms with Gasteiger partial charge in [0.1, 0.15) is 5.76 Å². The summed E-state index contributed by atoms with van der Waals surface area (Å²) in [7, 11) is -3.26. The molecule has 0 aliphatic heterocycles. The molecule has 0 fully saturated rings. The van der Waals surface area contributed by atoms with E-state index < -0.39 is 9.84 Å². The van der Waals surface area contributed by atoms with Crippen molar-refractivity contribution in [3.05, 3.63) is 89.9 Å². The average molecular weight is 410 g/mol. The van der Waals surface area contributed by atoms with Gasteiger partial charge in [-0.05, 0) is 47.9 Å². The molecule has 6 heteroatoms. The lowest BCUT2D eigenvalue weighted by atomic mass is 10.0. The molecule has 150 valence electrons. The Balaban J connectivity index is 1.88. The topological polar surface area (TPSA) is 76.4 Å². The van der Waals surface area contributed by atoms with Crippen molar-refractivity contribution in [2.45, 2.75) is 24.3 Å². The SMILES string of the molecule is CC[C@H](NC(=O)/C(=C/c1ccco1)c1ccccc1)c1ccc(S(C)(=O)=O)cc1. The van der Waals surface area contributed by atoms with Gasteiger partial charge in [-0.25, -0.2) is 8.42 Å². The van der Waals surface area contributed by atoms with E-state index in [1.54, 1.807) is 48.7 Å². The summed E-state index contributed by atoms with van der Waals surface area (Å²) < 4.78 is 28.7. The smallest absolute Gasteiger partial charge is 0.252 e. The summed E-state index contributed by atoms with van der Waals surface area (Å²) in [6, 6.07) is 19.3. The molecule has 3 rings (SSSR count). The van der Waals surface area contributed by atoms with Crippen LogP contribution in [0.1, 0.15) is 36.3 Å². The van der Waals surface area contributed by atoms with Crippen molar-refractivity contribution in [2.24, 2.45) is 0 Å². The van der Waals surface area contributed by atoms with E-state index in [0.717, 1.165) is 11.1 Å². The lowest BCUT2D eigenvalue weighted by molar-refractivity contribution is -0.116. The lowest BCUT2D eigenvalue weighted by Gasteiger charge is -2.19. The van der Waals surface area contributed by atoms with Crippen LogP contribution in [0, 0.1) is 0 Å². The minimum atomic E-state index is -3.26. The van der Waals surface area contributed by atoms with Crippen LogP contribution in [-0.4, -0.2) is 20.6 Å².